The molecule has 0 amide bonds. The zero-order valence-electron chi connectivity index (χ0n) is 5.78. The Morgan fingerprint density at radius 2 is 1.38 bits per heavy atom. The van der Waals surface area contributed by atoms with Crippen molar-refractivity contribution in [2.45, 2.75) is 26.7 Å². The Labute approximate surface area is 76.0 Å². The Hall–Kier alpha value is 1.01. The molecule has 2 heteroatoms. The van der Waals surface area contributed by atoms with Crippen LogP contribution in [0.1, 0.15) is 26.7 Å². The number of nitrogens with zero attached hydrogens (tertiary/aromatic N) is 1. The van der Waals surface area contributed by atoms with Crippen molar-refractivity contribution in [1.82, 2.24) is 0 Å². The average Bonchev–Trinajstić information content (AvgIpc) is 1.69. The van der Waals surface area contributed by atoms with Crippen molar-refractivity contribution in [2.75, 3.05) is 13.1 Å². The van der Waals surface area contributed by atoms with E-state index in [-0.39, 0.29) is 31.1 Å². The minimum Gasteiger partial charge on any atom is -0.662 e. The monoisotopic (exact) mass is 338 g/mol. The molecule has 0 N–H and O–H groups in total. The van der Waals surface area contributed by atoms with E-state index >= 15 is 0 Å². The van der Waals surface area contributed by atoms with Crippen molar-refractivity contribution >= 4 is 0 Å². The van der Waals surface area contributed by atoms with Crippen molar-refractivity contribution in [3.8, 4) is 0 Å². The Balaban J connectivity index is 0. The minimum atomic E-state index is 0. The van der Waals surface area contributed by atoms with Gasteiger partial charge in [0.2, 0.25) is 0 Å². The van der Waals surface area contributed by atoms with E-state index in [2.05, 4.69) is 19.2 Å². The Bertz CT molecular complexity index is 27.7. The number of hydrogen-bond donors (Lipinski definition) is 0. The van der Waals surface area contributed by atoms with Crippen LogP contribution in [-0.2, 0) is 0 Å². The molecule has 0 spiro atoms. The molecule has 0 bridgehead atoms. The molecule has 0 aliphatic carbocycles. The molecule has 0 aromatic heterocycles. The van der Waals surface area contributed by atoms with Crippen molar-refractivity contribution < 1.29 is 31.1 Å². The molecule has 0 radical (unpaired) electrons. The van der Waals surface area contributed by atoms with E-state index in [1.807, 2.05) is 0 Å². The van der Waals surface area contributed by atoms with E-state index in [4.69, 9.17) is 0 Å². The standard InChI is InChI=1S/C6H14N.U/c1-3-5-7-6-4-2;/h3-6H2,1-2H3;/q-1;. The molecular weight excluding hydrogens is 324 g/mol. The van der Waals surface area contributed by atoms with Gasteiger partial charge in [0.25, 0.3) is 0 Å². The SMILES string of the molecule is CCC[N-]CCC.[U]. The predicted molar refractivity (Wildman–Crippen MR) is 33.7 cm³/mol. The summed E-state index contributed by atoms with van der Waals surface area (Å²) in [6.07, 6.45) is 2.39. The number of rotatable bonds is 4. The quantitative estimate of drug-likeness (QED) is 0.698. The maximum atomic E-state index is 4.21. The van der Waals surface area contributed by atoms with E-state index in [1.54, 1.807) is 0 Å². The summed E-state index contributed by atoms with van der Waals surface area (Å²) in [4.78, 5) is 0. The third-order valence-electron chi connectivity index (χ3n) is 0.763. The fourth-order valence-corrected chi connectivity index (χ4v) is 0.428. The maximum Gasteiger partial charge on any atom is 0 e. The zero-order valence-corrected chi connectivity index (χ0v) is 9.94. The molecule has 0 aromatic rings. The van der Waals surface area contributed by atoms with Gasteiger partial charge in [0, 0.05) is 31.1 Å². The van der Waals surface area contributed by atoms with Gasteiger partial charge >= 0.3 is 0 Å². The van der Waals surface area contributed by atoms with Gasteiger partial charge in [-0.15, -0.1) is 13.1 Å². The van der Waals surface area contributed by atoms with Gasteiger partial charge in [-0.3, -0.25) is 0 Å². The van der Waals surface area contributed by atoms with Crippen LogP contribution in [0.15, 0.2) is 0 Å². The van der Waals surface area contributed by atoms with Crippen LogP contribution in [0, 0.1) is 31.1 Å². The van der Waals surface area contributed by atoms with Crippen molar-refractivity contribution in [3.05, 3.63) is 5.32 Å². The van der Waals surface area contributed by atoms with Gasteiger partial charge in [-0.05, 0) is 0 Å². The first-order chi connectivity index (χ1) is 3.41. The predicted octanol–water partition coefficient (Wildman–Crippen LogP) is 2.18. The van der Waals surface area contributed by atoms with Gasteiger partial charge in [-0.1, -0.05) is 26.7 Å². The Kier molecular flexibility index (Phi) is 16.0. The van der Waals surface area contributed by atoms with Gasteiger partial charge in [-0.25, -0.2) is 0 Å². The van der Waals surface area contributed by atoms with E-state index < -0.39 is 0 Å². The summed E-state index contributed by atoms with van der Waals surface area (Å²) in [7, 11) is 0. The third kappa shape index (κ3) is 10.1. The minimum absolute atomic E-state index is 0. The van der Waals surface area contributed by atoms with Crippen molar-refractivity contribution in [3.63, 3.8) is 0 Å². The molecule has 0 heterocycles. The van der Waals surface area contributed by atoms with Gasteiger partial charge < -0.3 is 5.32 Å². The fraction of sp³-hybridized carbons (Fsp3) is 1.00. The van der Waals surface area contributed by atoms with Gasteiger partial charge in [0.1, 0.15) is 0 Å². The summed E-state index contributed by atoms with van der Waals surface area (Å²) in [6, 6.07) is 0. The van der Waals surface area contributed by atoms with Crippen LogP contribution in [0.3, 0.4) is 0 Å². The Morgan fingerprint density at radius 3 is 1.62 bits per heavy atom. The molecule has 0 aliphatic heterocycles. The average molecular weight is 338 g/mol. The number of hydrogen-bond acceptors (Lipinski definition) is 0. The second-order valence-corrected chi connectivity index (χ2v) is 1.67. The summed E-state index contributed by atoms with van der Waals surface area (Å²) in [6.45, 7) is 6.40. The van der Waals surface area contributed by atoms with Crippen LogP contribution < -0.4 is 0 Å². The second kappa shape index (κ2) is 10.9. The summed E-state index contributed by atoms with van der Waals surface area (Å²) < 4.78 is 0. The molecule has 0 fully saturated rings. The van der Waals surface area contributed by atoms with Gasteiger partial charge in [0.15, 0.2) is 0 Å². The van der Waals surface area contributed by atoms with Gasteiger partial charge in [0.05, 0.1) is 0 Å². The summed E-state index contributed by atoms with van der Waals surface area (Å²) in [5.74, 6) is 0. The smallest absolute Gasteiger partial charge is 0 e. The molecule has 0 atom stereocenters. The van der Waals surface area contributed by atoms with Crippen LogP contribution in [0.5, 0.6) is 0 Å². The van der Waals surface area contributed by atoms with E-state index in [0.29, 0.717) is 0 Å². The fourth-order valence-electron chi connectivity index (χ4n) is 0.428. The summed E-state index contributed by atoms with van der Waals surface area (Å²) in [5, 5.41) is 4.21. The van der Waals surface area contributed by atoms with E-state index in [9.17, 15) is 0 Å². The Morgan fingerprint density at radius 1 is 1.00 bits per heavy atom. The van der Waals surface area contributed by atoms with Crippen molar-refractivity contribution in [2.24, 2.45) is 0 Å². The van der Waals surface area contributed by atoms with Crippen molar-refractivity contribution in [1.29, 1.82) is 0 Å². The summed E-state index contributed by atoms with van der Waals surface area (Å²) >= 11 is 0. The molecule has 8 heavy (non-hydrogen) atoms. The molecule has 0 unspecified atom stereocenters. The first-order valence-electron chi connectivity index (χ1n) is 3.05. The molecule has 0 saturated heterocycles. The van der Waals surface area contributed by atoms with Crippen LogP contribution in [-0.4, -0.2) is 13.1 Å². The van der Waals surface area contributed by atoms with E-state index in [1.165, 1.54) is 12.8 Å². The molecular formula is C6H14NU-. The van der Waals surface area contributed by atoms with E-state index in [0.717, 1.165) is 13.1 Å². The maximum absolute atomic E-state index is 4.21. The molecule has 0 rings (SSSR count). The van der Waals surface area contributed by atoms with Crippen LogP contribution >= 0.6 is 0 Å². The summed E-state index contributed by atoms with van der Waals surface area (Å²) in [5.41, 5.74) is 0. The zero-order chi connectivity index (χ0) is 5.54. The molecule has 1 nitrogen and oxygen atoms in total. The molecule has 0 aliphatic rings. The molecule has 48 valence electrons. The first-order valence-corrected chi connectivity index (χ1v) is 3.05. The van der Waals surface area contributed by atoms with Gasteiger partial charge in [-0.2, -0.15) is 0 Å². The third-order valence-corrected chi connectivity index (χ3v) is 0.763. The van der Waals surface area contributed by atoms with Crippen LogP contribution in [0.2, 0.25) is 0 Å². The molecule has 0 aromatic carbocycles. The second-order valence-electron chi connectivity index (χ2n) is 1.67. The molecule has 0 saturated carbocycles. The van der Waals surface area contributed by atoms with Crippen LogP contribution in [0.4, 0.5) is 0 Å². The largest absolute Gasteiger partial charge is 0.662 e. The normalized spacial score (nSPS) is 8.25. The first kappa shape index (κ1) is 11.8. The topological polar surface area (TPSA) is 14.1 Å². The van der Waals surface area contributed by atoms with Crippen LogP contribution in [0.25, 0.3) is 5.32 Å².